The first kappa shape index (κ1) is 55.4. The molecule has 0 fully saturated rings. The molecule has 0 aromatic heterocycles. The molecule has 0 aromatic rings. The average molecular weight is 655 g/mol. The maximum Gasteiger partial charge on any atom is -0.0443 e. The van der Waals surface area contributed by atoms with Gasteiger partial charge in [-0.05, 0) is 29.6 Å². The van der Waals surface area contributed by atoms with E-state index in [0.717, 1.165) is 29.6 Å². The quantitative estimate of drug-likeness (QED) is 0.0814. The Morgan fingerprint density at radius 3 is 0.609 bits per heavy atom. The third-order valence-electron chi connectivity index (χ3n) is 9.74. The van der Waals surface area contributed by atoms with Gasteiger partial charge in [-0.3, -0.25) is 0 Å². The van der Waals surface area contributed by atoms with Gasteiger partial charge >= 0.3 is 0 Å². The van der Waals surface area contributed by atoms with E-state index in [0.29, 0.717) is 0 Å². The van der Waals surface area contributed by atoms with Gasteiger partial charge in [-0.1, -0.05) is 271 Å². The van der Waals surface area contributed by atoms with Gasteiger partial charge in [0, 0.05) is 0 Å². The lowest BCUT2D eigenvalue weighted by atomic mass is 9.99. The highest BCUT2D eigenvalue weighted by atomic mass is 14.1. The molecule has 286 valence electrons. The van der Waals surface area contributed by atoms with Crippen molar-refractivity contribution in [3.63, 3.8) is 0 Å². The van der Waals surface area contributed by atoms with Crippen LogP contribution in [-0.4, -0.2) is 0 Å². The molecule has 0 aliphatic rings. The molecule has 5 unspecified atom stereocenters. The fourth-order valence-corrected chi connectivity index (χ4v) is 5.65. The maximum atomic E-state index is 2.37. The molecule has 0 saturated heterocycles. The zero-order valence-electron chi connectivity index (χ0n) is 36.3. The second-order valence-electron chi connectivity index (χ2n) is 15.5. The maximum absolute atomic E-state index is 2.37. The summed E-state index contributed by atoms with van der Waals surface area (Å²) in [5.74, 6) is 4.81. The van der Waals surface area contributed by atoms with Crippen molar-refractivity contribution in [1.29, 1.82) is 0 Å². The van der Waals surface area contributed by atoms with Crippen molar-refractivity contribution in [3.05, 3.63) is 0 Å². The highest BCUT2D eigenvalue weighted by molar-refractivity contribution is 4.53. The lowest BCUT2D eigenvalue weighted by molar-refractivity contribution is 0.459. The van der Waals surface area contributed by atoms with Crippen LogP contribution >= 0.6 is 0 Å². The minimum atomic E-state index is 0.954. The fraction of sp³-hybridized carbons (Fsp3) is 1.00. The Bertz CT molecular complexity index is 383. The summed E-state index contributed by atoms with van der Waals surface area (Å²) in [5.41, 5.74) is 0. The van der Waals surface area contributed by atoms with Crippen molar-refractivity contribution < 1.29 is 0 Å². The van der Waals surface area contributed by atoms with E-state index in [-0.39, 0.29) is 0 Å². The van der Waals surface area contributed by atoms with Crippen LogP contribution in [0.2, 0.25) is 0 Å². The third kappa shape index (κ3) is 62.8. The molecule has 0 spiro atoms. The van der Waals surface area contributed by atoms with Gasteiger partial charge in [-0.15, -0.1) is 0 Å². The van der Waals surface area contributed by atoms with Crippen LogP contribution in [0.25, 0.3) is 0 Å². The highest BCUT2D eigenvalue weighted by Gasteiger charge is 2.00. The van der Waals surface area contributed by atoms with Crippen LogP contribution in [0.1, 0.15) is 271 Å². The molecular formula is C46H102. The van der Waals surface area contributed by atoms with E-state index in [4.69, 9.17) is 0 Å². The predicted octanol–water partition coefficient (Wildman–Crippen LogP) is 18.5. The first-order valence-electron chi connectivity index (χ1n) is 22.0. The van der Waals surface area contributed by atoms with E-state index < -0.39 is 0 Å². The van der Waals surface area contributed by atoms with E-state index in [1.807, 2.05) is 0 Å². The van der Waals surface area contributed by atoms with Crippen LogP contribution in [0.3, 0.4) is 0 Å². The second kappa shape index (κ2) is 51.8. The summed E-state index contributed by atoms with van der Waals surface area (Å²) < 4.78 is 0. The van der Waals surface area contributed by atoms with Crippen molar-refractivity contribution in [1.82, 2.24) is 0 Å². The lowest BCUT2D eigenvalue weighted by Crippen LogP contribution is -1.92. The summed E-state index contributed by atoms with van der Waals surface area (Å²) in [6, 6.07) is 0. The second-order valence-corrected chi connectivity index (χ2v) is 15.5. The first-order chi connectivity index (χ1) is 22.0. The number of rotatable bonds is 26. The van der Waals surface area contributed by atoms with Crippen molar-refractivity contribution in [2.24, 2.45) is 29.6 Å². The van der Waals surface area contributed by atoms with Gasteiger partial charge in [0.15, 0.2) is 0 Å². The summed E-state index contributed by atoms with van der Waals surface area (Å²) in [6.07, 6.45) is 36.4. The van der Waals surface area contributed by atoms with Crippen LogP contribution in [0, 0.1) is 29.6 Å². The molecule has 0 amide bonds. The van der Waals surface area contributed by atoms with Crippen LogP contribution in [0.4, 0.5) is 0 Å². The summed E-state index contributed by atoms with van der Waals surface area (Å²) in [4.78, 5) is 0. The van der Waals surface area contributed by atoms with Gasteiger partial charge in [0.1, 0.15) is 0 Å². The van der Waals surface area contributed by atoms with Crippen molar-refractivity contribution >= 4 is 0 Å². The summed E-state index contributed by atoms with van der Waals surface area (Å²) in [6.45, 7) is 34.4. The Labute approximate surface area is 299 Å². The molecule has 0 rings (SSSR count). The van der Waals surface area contributed by atoms with Gasteiger partial charge < -0.3 is 0 Å². The molecule has 0 aromatic carbocycles. The minimum absolute atomic E-state index is 0.954. The SMILES string of the molecule is CCCCC(C)CC.CCCCC(C)CC.CCCCCC(C)CCC.CCCCCC(C)CCC.CCCCCC(C)CCC. The molecule has 0 aliphatic heterocycles. The minimum Gasteiger partial charge on any atom is -0.0654 e. The van der Waals surface area contributed by atoms with Crippen molar-refractivity contribution in [2.45, 2.75) is 271 Å². The molecule has 0 bridgehead atoms. The summed E-state index contributed by atoms with van der Waals surface area (Å²) in [7, 11) is 0. The van der Waals surface area contributed by atoms with E-state index >= 15 is 0 Å². The average Bonchev–Trinajstić information content (AvgIpc) is 3.04. The zero-order chi connectivity index (χ0) is 36.3. The van der Waals surface area contributed by atoms with E-state index in [1.165, 1.54) is 167 Å². The summed E-state index contributed by atoms with van der Waals surface area (Å²) >= 11 is 0. The molecular weight excluding hydrogens is 553 g/mol. The van der Waals surface area contributed by atoms with Crippen molar-refractivity contribution in [3.8, 4) is 0 Å². The lowest BCUT2D eigenvalue weighted by Gasteiger charge is -2.07. The third-order valence-corrected chi connectivity index (χ3v) is 9.74. The van der Waals surface area contributed by atoms with E-state index in [2.05, 4.69) is 104 Å². The molecule has 0 heteroatoms. The smallest absolute Gasteiger partial charge is 0.0443 e. The van der Waals surface area contributed by atoms with Crippen molar-refractivity contribution in [2.75, 3.05) is 0 Å². The number of unbranched alkanes of at least 4 members (excludes halogenated alkanes) is 8. The van der Waals surface area contributed by atoms with E-state index in [1.54, 1.807) is 0 Å². The first-order valence-corrected chi connectivity index (χ1v) is 22.0. The monoisotopic (exact) mass is 655 g/mol. The molecule has 0 N–H and O–H groups in total. The number of hydrogen-bond donors (Lipinski definition) is 0. The van der Waals surface area contributed by atoms with Crippen LogP contribution in [0.5, 0.6) is 0 Å². The van der Waals surface area contributed by atoms with Crippen LogP contribution < -0.4 is 0 Å². The Morgan fingerprint density at radius 1 is 0.217 bits per heavy atom. The number of hydrogen-bond acceptors (Lipinski definition) is 0. The molecule has 0 heterocycles. The van der Waals surface area contributed by atoms with Crippen LogP contribution in [-0.2, 0) is 0 Å². The van der Waals surface area contributed by atoms with E-state index in [9.17, 15) is 0 Å². The molecule has 46 heavy (non-hydrogen) atoms. The fourth-order valence-electron chi connectivity index (χ4n) is 5.65. The van der Waals surface area contributed by atoms with Gasteiger partial charge in [-0.2, -0.15) is 0 Å². The summed E-state index contributed by atoms with van der Waals surface area (Å²) in [5, 5.41) is 0. The topological polar surface area (TPSA) is 0 Å². The van der Waals surface area contributed by atoms with Crippen LogP contribution in [0.15, 0.2) is 0 Å². The van der Waals surface area contributed by atoms with Gasteiger partial charge in [0.25, 0.3) is 0 Å². The molecule has 0 saturated carbocycles. The van der Waals surface area contributed by atoms with Gasteiger partial charge in [-0.25, -0.2) is 0 Å². The Morgan fingerprint density at radius 2 is 0.435 bits per heavy atom. The van der Waals surface area contributed by atoms with Gasteiger partial charge in [0.2, 0.25) is 0 Å². The predicted molar refractivity (Wildman–Crippen MR) is 223 cm³/mol. The largest absolute Gasteiger partial charge is 0.0654 e. The molecule has 0 aliphatic carbocycles. The highest BCUT2D eigenvalue weighted by Crippen LogP contribution is 2.16. The van der Waals surface area contributed by atoms with Gasteiger partial charge in [0.05, 0.1) is 0 Å². The molecule has 0 nitrogen and oxygen atoms in total. The molecule has 0 radical (unpaired) electrons. The zero-order valence-corrected chi connectivity index (χ0v) is 36.3. The Kier molecular flexibility index (Phi) is 62.4. The molecule has 5 atom stereocenters. The normalized spacial score (nSPS) is 13.6. The Hall–Kier alpha value is 0. The Balaban J connectivity index is -0.000000153. The standard InChI is InChI=1S/3C10H22.2C8H18/c3*1-4-6-7-9-10(3)8-5-2;2*1-4-6-7-8(3)5-2/h3*10H,4-9H2,1-3H3;2*8H,4-7H2,1-3H3.